The molecule has 22 nitrogen and oxygen atoms in total. The number of hydrogen-bond donors (Lipinski definition) is 3. The lowest BCUT2D eigenvalue weighted by Gasteiger charge is -2.37. The summed E-state index contributed by atoms with van der Waals surface area (Å²) >= 11 is 11.0. The van der Waals surface area contributed by atoms with Gasteiger partial charge in [0.05, 0.1) is 30.6 Å². The Labute approximate surface area is 514 Å². The van der Waals surface area contributed by atoms with Gasteiger partial charge in [-0.2, -0.15) is 0 Å². The van der Waals surface area contributed by atoms with Gasteiger partial charge in [0.2, 0.25) is 5.91 Å². The Hall–Kier alpha value is -8.13. The lowest BCUT2D eigenvalue weighted by molar-refractivity contribution is -0.156. The van der Waals surface area contributed by atoms with Gasteiger partial charge in [-0.25, -0.2) is 44.9 Å². The van der Waals surface area contributed by atoms with Crippen molar-refractivity contribution >= 4 is 121 Å². The summed E-state index contributed by atoms with van der Waals surface area (Å²) in [6, 6.07) is 25.7. The molecule has 0 radical (unpaired) electrons. The second-order valence-corrected chi connectivity index (χ2v) is 24.7. The van der Waals surface area contributed by atoms with Crippen molar-refractivity contribution in [1.29, 1.82) is 0 Å². The van der Waals surface area contributed by atoms with E-state index in [0.29, 0.717) is 54.0 Å². The number of piperazine rings is 1. The normalized spacial score (nSPS) is 20.4. The van der Waals surface area contributed by atoms with E-state index in [1.807, 2.05) is 47.4 Å². The largest absolute Gasteiger partial charge is 0.472 e. The first-order valence-corrected chi connectivity index (χ1v) is 31.6. The van der Waals surface area contributed by atoms with Gasteiger partial charge < -0.3 is 49.6 Å². The highest BCUT2D eigenvalue weighted by Crippen LogP contribution is 2.37. The molecule has 3 aromatic carbocycles. The number of amides is 1. The lowest BCUT2D eigenvalue weighted by Crippen LogP contribution is -2.48. The summed E-state index contributed by atoms with van der Waals surface area (Å²) in [6.45, 7) is 8.93. The van der Waals surface area contributed by atoms with Gasteiger partial charge in [-0.3, -0.25) is 14.4 Å². The van der Waals surface area contributed by atoms with Crippen LogP contribution in [0.15, 0.2) is 110 Å². The summed E-state index contributed by atoms with van der Waals surface area (Å²) in [5.41, 5.74) is 3.13. The molecule has 3 saturated carbocycles. The van der Waals surface area contributed by atoms with Gasteiger partial charge >= 0.3 is 11.9 Å². The zero-order chi connectivity index (χ0) is 59.4. The highest BCUT2D eigenvalue weighted by atomic mass is 35.5. The van der Waals surface area contributed by atoms with E-state index in [4.69, 9.17) is 25.8 Å². The van der Waals surface area contributed by atoms with E-state index in [1.54, 1.807) is 78.1 Å². The van der Waals surface area contributed by atoms with Crippen LogP contribution in [-0.4, -0.2) is 143 Å². The SMILES string of the molecule is CC(=O)N1CCN(c2nccnc2OC2CC(Nc3nc4ccccc4s3)C2)CC1.CC(=O)OC(C)=O.Clc1nccnc1OC1CC(Nc2nc3ccccc3s2)C1.c1ccc2sc(NC3CC(Oc4nccnc4N4CCCCC4)C3)nc2c1. The minimum absolute atomic E-state index is 0.117. The van der Waals surface area contributed by atoms with E-state index in [2.05, 4.69) is 106 Å². The number of thiazole rings is 3. The monoisotopic (exact) mass is 1240 g/mol. The van der Waals surface area contributed by atoms with Crippen molar-refractivity contribution in [2.24, 2.45) is 0 Å². The number of para-hydroxylation sites is 3. The van der Waals surface area contributed by atoms with Gasteiger partial charge in [-0.1, -0.05) is 82.0 Å². The molecule has 26 heteroatoms. The zero-order valence-electron chi connectivity index (χ0n) is 47.8. The topological polar surface area (TPSA) is 250 Å². The van der Waals surface area contributed by atoms with E-state index < -0.39 is 11.9 Å². The third-order valence-corrected chi connectivity index (χ3v) is 18.0. The number of fused-ring (bicyclic) bond motifs is 3. The van der Waals surface area contributed by atoms with Crippen LogP contribution in [0.1, 0.15) is 78.6 Å². The standard InChI is InChI=1S/C21H24N6O2S.C20H23N5OS.C15H13ClN4OS.C4H6O3/c1-14(28)26-8-10-27(11-9-26)19-20(23-7-6-22-19)29-16-12-15(13-16)24-21-25-17-4-2-3-5-18(17)30-21;1-4-10-25(11-5-1)18-19(22-9-8-21-18)26-15-12-14(13-15)23-20-24-16-6-2-3-7-17(16)27-20;16-13-14(18-6-5-17-13)21-10-7-9(8-10)19-15-20-11-3-1-2-4-12(11)22-15;1-3(5)7-4(2)6/h2-7,15-16H,8-13H2,1H3,(H,24,25);2-3,6-9,14-15H,1,4-5,10-13H2,(H,23,24);1-6,9-10H,7-8H2,(H,19,20);1-2H3. The molecule has 1 amide bonds. The Morgan fingerprint density at radius 3 is 1.20 bits per heavy atom. The van der Waals surface area contributed by atoms with Crippen LogP contribution in [0.4, 0.5) is 27.0 Å². The van der Waals surface area contributed by atoms with Gasteiger partial charge in [0.25, 0.3) is 17.6 Å². The van der Waals surface area contributed by atoms with Crippen LogP contribution in [0.5, 0.6) is 17.6 Å². The van der Waals surface area contributed by atoms with Gasteiger partial charge in [0, 0.05) is 154 Å². The summed E-state index contributed by atoms with van der Waals surface area (Å²) in [6.07, 6.45) is 19.7. The molecule has 0 bridgehead atoms. The van der Waals surface area contributed by atoms with E-state index in [1.165, 1.54) is 47.2 Å². The number of carbonyl (C=O) groups excluding carboxylic acids is 3. The summed E-state index contributed by atoms with van der Waals surface area (Å²) < 4.78 is 25.7. The Balaban J connectivity index is 0.000000128. The number of nitrogens with zero attached hydrogens (tertiary/aromatic N) is 12. The fourth-order valence-corrected chi connectivity index (χ4v) is 13.3. The second kappa shape index (κ2) is 28.4. The average molecular weight is 1240 g/mol. The molecule has 448 valence electrons. The Kier molecular flexibility index (Phi) is 19.7. The van der Waals surface area contributed by atoms with E-state index in [9.17, 15) is 14.4 Å². The van der Waals surface area contributed by atoms with Crippen molar-refractivity contribution in [3.8, 4) is 17.6 Å². The molecule has 14 rings (SSSR count). The van der Waals surface area contributed by atoms with Crippen molar-refractivity contribution in [1.82, 2.24) is 49.8 Å². The average Bonchev–Trinajstić information content (AvgIpc) is 2.65. The zero-order valence-corrected chi connectivity index (χ0v) is 51.0. The molecule has 0 spiro atoms. The molecule has 2 aliphatic heterocycles. The van der Waals surface area contributed by atoms with Crippen LogP contribution in [0.3, 0.4) is 0 Å². The Bertz CT molecular complexity index is 3620. The van der Waals surface area contributed by atoms with Crippen LogP contribution in [0.2, 0.25) is 5.15 Å². The molecule has 86 heavy (non-hydrogen) atoms. The summed E-state index contributed by atoms with van der Waals surface area (Å²) in [5, 5.41) is 13.7. The van der Waals surface area contributed by atoms with E-state index in [0.717, 1.165) is 108 Å². The number of nitrogens with one attached hydrogen (secondary N) is 3. The summed E-state index contributed by atoms with van der Waals surface area (Å²) in [7, 11) is 0. The van der Waals surface area contributed by atoms with Gasteiger partial charge in [0.1, 0.15) is 18.3 Å². The maximum atomic E-state index is 11.6. The van der Waals surface area contributed by atoms with Crippen molar-refractivity contribution in [3.63, 3.8) is 0 Å². The van der Waals surface area contributed by atoms with Crippen molar-refractivity contribution in [3.05, 3.63) is 115 Å². The van der Waals surface area contributed by atoms with Gasteiger partial charge in [-0.05, 0) is 55.7 Å². The molecule has 0 unspecified atom stereocenters. The smallest absolute Gasteiger partial charge is 0.310 e. The molecule has 2 saturated heterocycles. The fraction of sp³-hybridized carbons (Fsp3) is 0.400. The molecule has 3 N–H and O–H groups in total. The molecule has 5 fully saturated rings. The molecule has 3 aliphatic carbocycles. The second-order valence-electron chi connectivity index (χ2n) is 21.3. The molecule has 8 heterocycles. The molecular formula is C60H66ClN15O7S3. The highest BCUT2D eigenvalue weighted by Gasteiger charge is 2.36. The highest BCUT2D eigenvalue weighted by molar-refractivity contribution is 7.22. The maximum absolute atomic E-state index is 11.6. The predicted octanol–water partition coefficient (Wildman–Crippen LogP) is 10.7. The Morgan fingerprint density at radius 2 is 0.826 bits per heavy atom. The minimum Gasteiger partial charge on any atom is -0.472 e. The summed E-state index contributed by atoms with van der Waals surface area (Å²) in [4.78, 5) is 77.4. The van der Waals surface area contributed by atoms with Crippen LogP contribution in [0, 0.1) is 0 Å². The number of ether oxygens (including phenoxy) is 4. The van der Waals surface area contributed by atoms with Crippen LogP contribution >= 0.6 is 45.6 Å². The van der Waals surface area contributed by atoms with Gasteiger partial charge in [-0.15, -0.1) is 0 Å². The minimum atomic E-state index is -0.562. The van der Waals surface area contributed by atoms with Crippen LogP contribution < -0.4 is 40.0 Å². The van der Waals surface area contributed by atoms with Crippen molar-refractivity contribution < 1.29 is 33.3 Å². The van der Waals surface area contributed by atoms with E-state index >= 15 is 0 Å². The van der Waals surface area contributed by atoms with Crippen LogP contribution in [0.25, 0.3) is 30.6 Å². The Morgan fingerprint density at radius 1 is 0.465 bits per heavy atom. The van der Waals surface area contributed by atoms with Crippen molar-refractivity contribution in [2.75, 3.05) is 65.0 Å². The lowest BCUT2D eigenvalue weighted by atomic mass is 9.89. The molecule has 6 aromatic heterocycles. The number of rotatable bonds is 14. The first kappa shape index (κ1) is 59.6. The first-order chi connectivity index (χ1) is 41.9. The number of piperidine rings is 1. The number of benzene rings is 3. The number of esters is 2. The number of carbonyl (C=O) groups is 3. The van der Waals surface area contributed by atoms with Crippen molar-refractivity contribution in [2.45, 2.75) is 115 Å². The molecular weight excluding hydrogens is 1170 g/mol. The van der Waals surface area contributed by atoms with E-state index in [-0.39, 0.29) is 24.2 Å². The number of halogens is 1. The molecule has 5 aliphatic rings. The number of hydrogen-bond acceptors (Lipinski definition) is 24. The molecule has 0 atom stereocenters. The number of anilines is 5. The predicted molar refractivity (Wildman–Crippen MR) is 336 cm³/mol. The first-order valence-electron chi connectivity index (χ1n) is 28.8. The third-order valence-electron chi connectivity index (χ3n) is 14.9. The number of aromatic nitrogens is 9. The fourth-order valence-electron chi connectivity index (χ4n) is 10.3. The maximum Gasteiger partial charge on any atom is 0.310 e. The third kappa shape index (κ3) is 15.8. The summed E-state index contributed by atoms with van der Waals surface area (Å²) in [5.74, 6) is 2.34. The van der Waals surface area contributed by atoms with Gasteiger partial charge in [0.15, 0.2) is 32.2 Å². The quantitative estimate of drug-likeness (QED) is 0.0676. The van der Waals surface area contributed by atoms with Crippen LogP contribution in [-0.2, 0) is 19.1 Å². The molecule has 9 aromatic rings.